The zero-order chi connectivity index (χ0) is 24.9. The minimum atomic E-state index is -3.74. The molecule has 1 heterocycles. The number of nitrogens with zero attached hydrogens (tertiary/aromatic N) is 1. The highest BCUT2D eigenvalue weighted by Crippen LogP contribution is 2.33. The van der Waals surface area contributed by atoms with Crippen LogP contribution in [0.3, 0.4) is 0 Å². The molecule has 186 valence electrons. The number of methoxy groups -OCH3 is 3. The number of sulfonamides is 1. The minimum absolute atomic E-state index is 0.107. The van der Waals surface area contributed by atoms with E-state index in [0.29, 0.717) is 30.1 Å². The monoisotopic (exact) mass is 490 g/mol. The van der Waals surface area contributed by atoms with Crippen molar-refractivity contribution < 1.29 is 27.4 Å². The van der Waals surface area contributed by atoms with E-state index >= 15 is 0 Å². The molecule has 8 nitrogen and oxygen atoms in total. The van der Waals surface area contributed by atoms with Gasteiger partial charge in [-0.2, -0.15) is 4.31 Å². The molecule has 0 atom stereocenters. The van der Waals surface area contributed by atoms with Gasteiger partial charge in [0.1, 0.15) is 22.1 Å². The van der Waals surface area contributed by atoms with Gasteiger partial charge >= 0.3 is 0 Å². The second-order valence-electron chi connectivity index (χ2n) is 8.60. The highest BCUT2D eigenvalue weighted by atomic mass is 32.2. The fourth-order valence-electron chi connectivity index (χ4n) is 4.17. The summed E-state index contributed by atoms with van der Waals surface area (Å²) in [7, 11) is 0.872. The van der Waals surface area contributed by atoms with E-state index in [9.17, 15) is 13.2 Å². The van der Waals surface area contributed by atoms with Crippen molar-refractivity contribution in [1.29, 1.82) is 0 Å². The first-order valence-corrected chi connectivity index (χ1v) is 12.8. The highest BCUT2D eigenvalue weighted by molar-refractivity contribution is 7.89. The number of ether oxygens (including phenoxy) is 3. The summed E-state index contributed by atoms with van der Waals surface area (Å²) in [6.07, 6.45) is 0.890. The summed E-state index contributed by atoms with van der Waals surface area (Å²) in [4.78, 5) is 13.0. The van der Waals surface area contributed by atoms with Crippen molar-refractivity contribution in [2.75, 3.05) is 34.4 Å². The van der Waals surface area contributed by atoms with E-state index in [1.54, 1.807) is 26.4 Å². The molecule has 2 aromatic carbocycles. The van der Waals surface area contributed by atoms with Crippen LogP contribution in [0, 0.1) is 5.92 Å². The number of hydrogen-bond donors (Lipinski definition) is 1. The van der Waals surface area contributed by atoms with Crippen LogP contribution >= 0.6 is 0 Å². The molecule has 1 saturated heterocycles. The lowest BCUT2D eigenvalue weighted by Gasteiger charge is -2.31. The van der Waals surface area contributed by atoms with E-state index in [1.165, 1.54) is 11.4 Å². The van der Waals surface area contributed by atoms with Gasteiger partial charge in [-0.05, 0) is 48.6 Å². The Balaban J connectivity index is 1.66. The number of nitrogens with one attached hydrogen (secondary N) is 1. The number of benzene rings is 2. The Kier molecular flexibility index (Phi) is 8.43. The van der Waals surface area contributed by atoms with E-state index < -0.39 is 10.0 Å². The maximum absolute atomic E-state index is 13.4. The van der Waals surface area contributed by atoms with Crippen molar-refractivity contribution in [3.05, 3.63) is 47.5 Å². The molecule has 3 rings (SSSR count). The molecular weight excluding hydrogens is 456 g/mol. The lowest BCUT2D eigenvalue weighted by molar-refractivity contribution is -0.126. The van der Waals surface area contributed by atoms with Gasteiger partial charge < -0.3 is 19.5 Å². The summed E-state index contributed by atoms with van der Waals surface area (Å²) in [5, 5.41) is 2.95. The first kappa shape index (κ1) is 25.8. The fourth-order valence-corrected chi connectivity index (χ4v) is 5.83. The van der Waals surface area contributed by atoms with Crippen LogP contribution in [0.1, 0.15) is 43.7 Å². The summed E-state index contributed by atoms with van der Waals surface area (Å²) in [6.45, 7) is 4.84. The summed E-state index contributed by atoms with van der Waals surface area (Å²) >= 11 is 0. The number of carbonyl (C=O) groups is 1. The van der Waals surface area contributed by atoms with Crippen LogP contribution < -0.4 is 19.5 Å². The summed E-state index contributed by atoms with van der Waals surface area (Å²) in [5.41, 5.74) is 1.69. The Morgan fingerprint density at radius 2 is 1.59 bits per heavy atom. The van der Waals surface area contributed by atoms with Crippen LogP contribution in [0.4, 0.5) is 0 Å². The number of amides is 1. The molecule has 1 aliphatic rings. The van der Waals surface area contributed by atoms with Gasteiger partial charge in [0.2, 0.25) is 15.9 Å². The van der Waals surface area contributed by atoms with Gasteiger partial charge in [0, 0.05) is 19.0 Å². The smallest absolute Gasteiger partial charge is 0.246 e. The summed E-state index contributed by atoms with van der Waals surface area (Å²) in [5.74, 6) is 1.42. The average molecular weight is 491 g/mol. The zero-order valence-corrected chi connectivity index (χ0v) is 21.3. The lowest BCUT2D eigenvalue weighted by Crippen LogP contribution is -2.43. The van der Waals surface area contributed by atoms with Gasteiger partial charge in [-0.25, -0.2) is 8.42 Å². The van der Waals surface area contributed by atoms with Crippen molar-refractivity contribution in [3.63, 3.8) is 0 Å². The Hall–Kier alpha value is -2.78. The normalized spacial score (nSPS) is 15.2. The number of hydrogen-bond acceptors (Lipinski definition) is 6. The molecule has 0 aliphatic carbocycles. The van der Waals surface area contributed by atoms with Crippen molar-refractivity contribution in [3.8, 4) is 17.2 Å². The van der Waals surface area contributed by atoms with Crippen LogP contribution in [0.15, 0.2) is 41.3 Å². The van der Waals surface area contributed by atoms with E-state index in [1.807, 2.05) is 38.1 Å². The van der Waals surface area contributed by atoms with Crippen molar-refractivity contribution in [1.82, 2.24) is 9.62 Å². The van der Waals surface area contributed by atoms with Gasteiger partial charge in [0.25, 0.3) is 0 Å². The molecule has 1 amide bonds. The van der Waals surface area contributed by atoms with Gasteiger partial charge in [0.05, 0.1) is 33.4 Å². The largest absolute Gasteiger partial charge is 0.496 e. The molecule has 0 radical (unpaired) electrons. The molecule has 1 aliphatic heterocycles. The van der Waals surface area contributed by atoms with Crippen LogP contribution in [0.5, 0.6) is 17.2 Å². The third-order valence-corrected chi connectivity index (χ3v) is 8.19. The molecule has 34 heavy (non-hydrogen) atoms. The Bertz CT molecular complexity index is 1090. The van der Waals surface area contributed by atoms with Crippen LogP contribution in [-0.2, 0) is 21.4 Å². The first-order valence-electron chi connectivity index (χ1n) is 11.4. The molecule has 0 aromatic heterocycles. The Labute approximate surface area is 202 Å². The summed E-state index contributed by atoms with van der Waals surface area (Å²) in [6, 6.07) is 10.7. The van der Waals surface area contributed by atoms with E-state index in [2.05, 4.69) is 5.32 Å². The van der Waals surface area contributed by atoms with Crippen LogP contribution in [0.2, 0.25) is 0 Å². The lowest BCUT2D eigenvalue weighted by atomic mass is 9.97. The molecule has 1 fully saturated rings. The van der Waals surface area contributed by atoms with Crippen LogP contribution in [-0.4, -0.2) is 53.0 Å². The maximum Gasteiger partial charge on any atom is 0.246 e. The second kappa shape index (κ2) is 11.1. The third-order valence-electron chi connectivity index (χ3n) is 6.27. The molecule has 0 unspecified atom stereocenters. The van der Waals surface area contributed by atoms with Crippen molar-refractivity contribution in [2.45, 2.75) is 44.0 Å². The number of rotatable bonds is 9. The van der Waals surface area contributed by atoms with Gasteiger partial charge in [-0.1, -0.05) is 26.0 Å². The number of carbonyl (C=O) groups excluding carboxylic acids is 1. The predicted molar refractivity (Wildman–Crippen MR) is 130 cm³/mol. The second-order valence-corrected chi connectivity index (χ2v) is 10.5. The quantitative estimate of drug-likeness (QED) is 0.578. The number of piperidine rings is 1. The minimum Gasteiger partial charge on any atom is -0.496 e. The van der Waals surface area contributed by atoms with E-state index in [4.69, 9.17) is 14.2 Å². The van der Waals surface area contributed by atoms with Crippen LogP contribution in [0.25, 0.3) is 0 Å². The Morgan fingerprint density at radius 3 is 2.12 bits per heavy atom. The predicted octanol–water partition coefficient (Wildman–Crippen LogP) is 3.55. The molecular formula is C25H34N2O6S. The molecule has 0 bridgehead atoms. The van der Waals surface area contributed by atoms with Gasteiger partial charge in [-0.15, -0.1) is 0 Å². The molecule has 9 heteroatoms. The zero-order valence-electron chi connectivity index (χ0n) is 20.5. The van der Waals surface area contributed by atoms with Gasteiger partial charge in [-0.3, -0.25) is 4.79 Å². The SMILES string of the molecule is COc1ccc(C(C)C)cc1S(=O)(=O)N1CCC(C(=O)NCc2c(OC)cccc2OC)CC1. The third kappa shape index (κ3) is 5.47. The van der Waals surface area contributed by atoms with E-state index in [0.717, 1.165) is 11.1 Å². The average Bonchev–Trinajstić information content (AvgIpc) is 2.86. The van der Waals surface area contributed by atoms with E-state index in [-0.39, 0.29) is 42.3 Å². The molecule has 1 N–H and O–H groups in total. The highest BCUT2D eigenvalue weighted by Gasteiger charge is 2.34. The topological polar surface area (TPSA) is 94.2 Å². The molecule has 0 spiro atoms. The maximum atomic E-state index is 13.4. The Morgan fingerprint density at radius 1 is 1.00 bits per heavy atom. The first-order chi connectivity index (χ1) is 16.2. The van der Waals surface area contributed by atoms with Crippen molar-refractivity contribution >= 4 is 15.9 Å². The standard InChI is InChI=1S/C25H34N2O6S/c1-17(2)19-9-10-23(33-5)24(15-19)34(29,30)27-13-11-18(12-14-27)25(28)26-16-20-21(31-3)7-6-8-22(20)32-4/h6-10,15,17-18H,11-14,16H2,1-5H3,(H,26,28). The fraction of sp³-hybridized carbons (Fsp3) is 0.480. The summed E-state index contributed by atoms with van der Waals surface area (Å²) < 4.78 is 44.3. The van der Waals surface area contributed by atoms with Crippen molar-refractivity contribution in [2.24, 2.45) is 5.92 Å². The molecule has 2 aromatic rings. The molecule has 0 saturated carbocycles. The van der Waals surface area contributed by atoms with Gasteiger partial charge in [0.15, 0.2) is 0 Å².